The molecule has 10 heavy (non-hydrogen) atoms. The molecule has 0 N–H and O–H groups in total. The first kappa shape index (κ1) is 9.41. The molecular formula is C9H16O. The van der Waals surface area contributed by atoms with Gasteiger partial charge in [0.05, 0.1) is 0 Å². The van der Waals surface area contributed by atoms with Crippen molar-refractivity contribution in [3.8, 4) is 0 Å². The van der Waals surface area contributed by atoms with Crippen molar-refractivity contribution in [2.75, 3.05) is 0 Å². The zero-order valence-electron chi connectivity index (χ0n) is 6.89. The summed E-state index contributed by atoms with van der Waals surface area (Å²) in [5, 5.41) is 0. The van der Waals surface area contributed by atoms with E-state index in [1.165, 1.54) is 19.3 Å². The number of rotatable bonds is 1. The van der Waals surface area contributed by atoms with Crippen LogP contribution in [0.25, 0.3) is 0 Å². The summed E-state index contributed by atoms with van der Waals surface area (Å²) in [4.78, 5) is 9.81. The third-order valence-corrected chi connectivity index (χ3v) is 1.41. The van der Waals surface area contributed by atoms with Gasteiger partial charge in [-0.1, -0.05) is 19.1 Å². The minimum Gasteiger partial charge on any atom is -0.300 e. The van der Waals surface area contributed by atoms with E-state index in [1.54, 1.807) is 6.92 Å². The van der Waals surface area contributed by atoms with Crippen LogP contribution in [-0.2, 0) is 4.79 Å². The first-order chi connectivity index (χ1) is 4.77. The minimum absolute atomic E-state index is 0.255. The van der Waals surface area contributed by atoms with Gasteiger partial charge in [0.2, 0.25) is 0 Å². The standard InChI is InChI=1S/C5H8.C4H8O/c1-2-4-5-3-1;1-3-4(2)5/h1-2H,3-5H2;3H2,1-2H3. The molecule has 1 aliphatic rings. The lowest BCUT2D eigenvalue weighted by Gasteiger charge is -1.71. The molecule has 0 unspecified atom stereocenters. The van der Waals surface area contributed by atoms with E-state index >= 15 is 0 Å². The maximum atomic E-state index is 9.81. The summed E-state index contributed by atoms with van der Waals surface area (Å²) >= 11 is 0. The van der Waals surface area contributed by atoms with E-state index < -0.39 is 0 Å². The quantitative estimate of drug-likeness (QED) is 0.512. The smallest absolute Gasteiger partial charge is 0.129 e. The van der Waals surface area contributed by atoms with Crippen molar-refractivity contribution in [3.05, 3.63) is 12.2 Å². The fourth-order valence-electron chi connectivity index (χ4n) is 0.589. The molecule has 0 aliphatic heterocycles. The summed E-state index contributed by atoms with van der Waals surface area (Å²) in [5.41, 5.74) is 0. The van der Waals surface area contributed by atoms with Crippen molar-refractivity contribution in [1.82, 2.24) is 0 Å². The van der Waals surface area contributed by atoms with Gasteiger partial charge in [-0.15, -0.1) is 0 Å². The molecule has 0 amide bonds. The topological polar surface area (TPSA) is 17.1 Å². The van der Waals surface area contributed by atoms with Crippen LogP contribution >= 0.6 is 0 Å². The van der Waals surface area contributed by atoms with Gasteiger partial charge in [-0.05, 0) is 26.2 Å². The van der Waals surface area contributed by atoms with Crippen molar-refractivity contribution in [2.24, 2.45) is 0 Å². The molecule has 0 radical (unpaired) electrons. The Kier molecular flexibility index (Phi) is 6.14. The molecule has 0 heterocycles. The zero-order chi connectivity index (χ0) is 7.82. The van der Waals surface area contributed by atoms with Gasteiger partial charge in [-0.2, -0.15) is 0 Å². The van der Waals surface area contributed by atoms with Gasteiger partial charge in [-0.3, -0.25) is 0 Å². The summed E-state index contributed by atoms with van der Waals surface area (Å²) in [6.45, 7) is 3.43. The predicted molar refractivity (Wildman–Crippen MR) is 44.0 cm³/mol. The molecule has 0 saturated heterocycles. The number of ketones is 1. The molecule has 1 heteroatoms. The van der Waals surface area contributed by atoms with Crippen LogP contribution < -0.4 is 0 Å². The van der Waals surface area contributed by atoms with Crippen LogP contribution in [0.5, 0.6) is 0 Å². The minimum atomic E-state index is 0.255. The average molecular weight is 140 g/mol. The SMILES string of the molecule is C1=CCCC1.CCC(C)=O. The third-order valence-electron chi connectivity index (χ3n) is 1.41. The second-order valence-corrected chi connectivity index (χ2v) is 2.46. The highest BCUT2D eigenvalue weighted by molar-refractivity contribution is 5.74. The number of carbonyl (C=O) groups is 1. The van der Waals surface area contributed by atoms with Crippen LogP contribution in [0.3, 0.4) is 0 Å². The van der Waals surface area contributed by atoms with Crippen molar-refractivity contribution >= 4 is 5.78 Å². The van der Waals surface area contributed by atoms with Crippen LogP contribution in [0.4, 0.5) is 0 Å². The molecule has 0 fully saturated rings. The zero-order valence-corrected chi connectivity index (χ0v) is 6.89. The van der Waals surface area contributed by atoms with E-state index in [0.717, 1.165) is 0 Å². The highest BCUT2D eigenvalue weighted by Crippen LogP contribution is 2.05. The van der Waals surface area contributed by atoms with E-state index in [-0.39, 0.29) is 5.78 Å². The van der Waals surface area contributed by atoms with Crippen molar-refractivity contribution < 1.29 is 4.79 Å². The number of allylic oxidation sites excluding steroid dienone is 2. The van der Waals surface area contributed by atoms with E-state index in [2.05, 4.69) is 12.2 Å². The van der Waals surface area contributed by atoms with E-state index in [0.29, 0.717) is 6.42 Å². The summed E-state index contributed by atoms with van der Waals surface area (Å²) in [7, 11) is 0. The molecular weight excluding hydrogens is 124 g/mol. The number of Topliss-reactive ketones (excluding diaryl/α,β-unsaturated/α-hetero) is 1. The van der Waals surface area contributed by atoms with E-state index in [4.69, 9.17) is 0 Å². The van der Waals surface area contributed by atoms with Crippen molar-refractivity contribution in [2.45, 2.75) is 39.5 Å². The first-order valence-electron chi connectivity index (χ1n) is 3.91. The van der Waals surface area contributed by atoms with Crippen LogP contribution in [0.15, 0.2) is 12.2 Å². The fraction of sp³-hybridized carbons (Fsp3) is 0.667. The van der Waals surface area contributed by atoms with Gasteiger partial charge in [-0.25, -0.2) is 0 Å². The van der Waals surface area contributed by atoms with Gasteiger partial charge in [0.15, 0.2) is 0 Å². The third kappa shape index (κ3) is 7.41. The fourth-order valence-corrected chi connectivity index (χ4v) is 0.589. The average Bonchev–Trinajstić information content (AvgIpc) is 2.43. The first-order valence-corrected chi connectivity index (χ1v) is 3.91. The lowest BCUT2D eigenvalue weighted by molar-refractivity contribution is -0.116. The van der Waals surface area contributed by atoms with Crippen LogP contribution in [-0.4, -0.2) is 5.78 Å². The Hall–Kier alpha value is -0.590. The van der Waals surface area contributed by atoms with Crippen LogP contribution in [0.2, 0.25) is 0 Å². The second-order valence-electron chi connectivity index (χ2n) is 2.46. The maximum Gasteiger partial charge on any atom is 0.129 e. The highest BCUT2D eigenvalue weighted by atomic mass is 16.1. The van der Waals surface area contributed by atoms with Gasteiger partial charge in [0.1, 0.15) is 5.78 Å². The molecule has 0 aromatic heterocycles. The Bertz CT molecular complexity index is 108. The Balaban J connectivity index is 0.000000162. The van der Waals surface area contributed by atoms with Crippen molar-refractivity contribution in [1.29, 1.82) is 0 Å². The molecule has 0 spiro atoms. The molecule has 0 bridgehead atoms. The Morgan fingerprint density at radius 2 is 1.80 bits per heavy atom. The molecule has 0 atom stereocenters. The summed E-state index contributed by atoms with van der Waals surface area (Å²) in [6.07, 6.45) is 9.17. The number of carbonyl (C=O) groups excluding carboxylic acids is 1. The van der Waals surface area contributed by atoms with Gasteiger partial charge >= 0.3 is 0 Å². The lowest BCUT2D eigenvalue weighted by atomic mass is 10.4. The predicted octanol–water partition coefficient (Wildman–Crippen LogP) is 2.71. The van der Waals surface area contributed by atoms with Gasteiger partial charge in [0, 0.05) is 6.42 Å². The molecule has 0 saturated carbocycles. The normalized spacial score (nSPS) is 14.2. The van der Waals surface area contributed by atoms with Gasteiger partial charge < -0.3 is 4.79 Å². The molecule has 1 nitrogen and oxygen atoms in total. The molecule has 0 aromatic rings. The highest BCUT2D eigenvalue weighted by Gasteiger charge is 1.84. The monoisotopic (exact) mass is 140 g/mol. The number of hydrogen-bond donors (Lipinski definition) is 0. The molecule has 0 aromatic carbocycles. The van der Waals surface area contributed by atoms with E-state index in [1.807, 2.05) is 6.92 Å². The molecule has 58 valence electrons. The largest absolute Gasteiger partial charge is 0.300 e. The second kappa shape index (κ2) is 6.53. The van der Waals surface area contributed by atoms with Gasteiger partial charge in [0.25, 0.3) is 0 Å². The van der Waals surface area contributed by atoms with Crippen molar-refractivity contribution in [3.63, 3.8) is 0 Å². The summed E-state index contributed by atoms with van der Waals surface area (Å²) < 4.78 is 0. The molecule has 1 aliphatic carbocycles. The molecule has 1 rings (SSSR count). The Labute approximate surface area is 63.1 Å². The van der Waals surface area contributed by atoms with Crippen LogP contribution in [0, 0.1) is 0 Å². The summed E-state index contributed by atoms with van der Waals surface area (Å²) in [5.74, 6) is 0.255. The van der Waals surface area contributed by atoms with E-state index in [9.17, 15) is 4.79 Å². The Morgan fingerprint density at radius 3 is 1.90 bits per heavy atom. The van der Waals surface area contributed by atoms with Crippen LogP contribution in [0.1, 0.15) is 39.5 Å². The Morgan fingerprint density at radius 1 is 1.40 bits per heavy atom. The maximum absolute atomic E-state index is 9.81. The lowest BCUT2D eigenvalue weighted by Crippen LogP contribution is -1.80. The summed E-state index contributed by atoms with van der Waals surface area (Å²) in [6, 6.07) is 0. The number of hydrogen-bond acceptors (Lipinski definition) is 1.